The van der Waals surface area contributed by atoms with E-state index in [0.29, 0.717) is 53.4 Å². The number of nitrogens with zero attached hydrogens (tertiary/aromatic N) is 3. The first-order chi connectivity index (χ1) is 19.6. The fourth-order valence-electron chi connectivity index (χ4n) is 4.08. The van der Waals surface area contributed by atoms with Crippen molar-refractivity contribution in [3.8, 4) is 23.0 Å². The molecule has 10 heteroatoms. The van der Waals surface area contributed by atoms with Crippen molar-refractivity contribution in [1.29, 1.82) is 5.41 Å². The van der Waals surface area contributed by atoms with Crippen LogP contribution in [0.25, 0.3) is 6.08 Å². The standard InChI is InChI=1S/C30H28N4O5S/c1-3-37-26-18-21(13-14-25(26)39-16-15-38-24-12-8-7-11-23(24)36-2)17-22-28(31)34-30(32-29(22)35)40-27(33-34)19-20-9-5-4-6-10-20/h4-14,17-18,31H,3,15-16,19H2,1-2H3/b22-17-,31-28?. The molecule has 0 unspecified atom stereocenters. The van der Waals surface area contributed by atoms with Crippen molar-refractivity contribution >= 4 is 39.8 Å². The van der Waals surface area contributed by atoms with Crippen LogP contribution >= 0.6 is 11.8 Å². The maximum atomic E-state index is 12.9. The lowest BCUT2D eigenvalue weighted by molar-refractivity contribution is -0.114. The summed E-state index contributed by atoms with van der Waals surface area (Å²) < 4.78 is 22.8. The van der Waals surface area contributed by atoms with E-state index in [0.717, 1.165) is 10.6 Å². The Labute approximate surface area is 236 Å². The van der Waals surface area contributed by atoms with E-state index < -0.39 is 5.91 Å². The summed E-state index contributed by atoms with van der Waals surface area (Å²) in [5, 5.41) is 15.8. The average molecular weight is 557 g/mol. The van der Waals surface area contributed by atoms with E-state index in [4.69, 9.17) is 24.4 Å². The van der Waals surface area contributed by atoms with Crippen LogP contribution < -0.4 is 18.9 Å². The smallest absolute Gasteiger partial charge is 0.283 e. The molecule has 204 valence electrons. The van der Waals surface area contributed by atoms with Gasteiger partial charge in [0, 0.05) is 6.42 Å². The Morgan fingerprint density at radius 3 is 2.33 bits per heavy atom. The largest absolute Gasteiger partial charge is 0.493 e. The molecule has 0 radical (unpaired) electrons. The van der Waals surface area contributed by atoms with E-state index in [9.17, 15) is 4.79 Å². The van der Waals surface area contributed by atoms with Crippen molar-refractivity contribution in [2.45, 2.75) is 13.3 Å². The van der Waals surface area contributed by atoms with E-state index >= 15 is 0 Å². The van der Waals surface area contributed by atoms with Gasteiger partial charge in [0.05, 0.1) is 19.3 Å². The molecule has 0 aliphatic carbocycles. The summed E-state index contributed by atoms with van der Waals surface area (Å²) in [6.07, 6.45) is 2.22. The van der Waals surface area contributed by atoms with Crippen LogP contribution in [0.2, 0.25) is 0 Å². The number of fused-ring (bicyclic) bond motifs is 1. The van der Waals surface area contributed by atoms with Gasteiger partial charge in [-0.05, 0) is 60.2 Å². The molecule has 0 bridgehead atoms. The number of nitrogens with one attached hydrogen (secondary N) is 1. The molecule has 0 saturated carbocycles. The third kappa shape index (κ3) is 6.18. The van der Waals surface area contributed by atoms with Crippen LogP contribution in [0.5, 0.6) is 23.0 Å². The maximum Gasteiger partial charge on any atom is 0.283 e. The lowest BCUT2D eigenvalue weighted by atomic mass is 10.1. The fraction of sp³-hybridized carbons (Fsp3) is 0.200. The number of ether oxygens (including phenoxy) is 4. The van der Waals surface area contributed by atoms with Crippen LogP contribution in [0.4, 0.5) is 0 Å². The molecule has 0 spiro atoms. The average Bonchev–Trinajstić information content (AvgIpc) is 3.37. The summed E-state index contributed by atoms with van der Waals surface area (Å²) in [6.45, 7) is 2.91. The summed E-state index contributed by atoms with van der Waals surface area (Å²) in [5.74, 6) is 1.86. The highest BCUT2D eigenvalue weighted by molar-refractivity contribution is 8.26. The number of para-hydroxylation sites is 2. The Bertz CT molecular complexity index is 1500. The molecule has 2 heterocycles. The Hall–Kier alpha value is -4.57. The summed E-state index contributed by atoms with van der Waals surface area (Å²) in [5.41, 5.74) is 1.92. The van der Waals surface area contributed by atoms with E-state index in [1.807, 2.05) is 61.5 Å². The summed E-state index contributed by atoms with van der Waals surface area (Å²) in [4.78, 5) is 17.1. The Kier molecular flexibility index (Phi) is 8.46. The third-order valence-corrected chi connectivity index (χ3v) is 6.85. The molecule has 0 saturated heterocycles. The van der Waals surface area contributed by atoms with Gasteiger partial charge in [-0.3, -0.25) is 10.2 Å². The molecule has 3 aromatic carbocycles. The lowest BCUT2D eigenvalue weighted by Gasteiger charge is -2.20. The number of amides is 1. The van der Waals surface area contributed by atoms with Crippen molar-refractivity contribution in [3.05, 3.63) is 89.5 Å². The highest BCUT2D eigenvalue weighted by Crippen LogP contribution is 2.32. The number of hydrogen-bond donors (Lipinski definition) is 1. The number of benzene rings is 3. The van der Waals surface area contributed by atoms with Crippen LogP contribution in [-0.4, -0.2) is 53.9 Å². The van der Waals surface area contributed by atoms with E-state index in [1.54, 1.807) is 31.4 Å². The Morgan fingerprint density at radius 1 is 0.900 bits per heavy atom. The minimum absolute atomic E-state index is 0.0164. The van der Waals surface area contributed by atoms with Crippen molar-refractivity contribution in [1.82, 2.24) is 5.01 Å². The fourth-order valence-corrected chi connectivity index (χ4v) is 5.00. The number of rotatable bonds is 11. The zero-order chi connectivity index (χ0) is 27.9. The van der Waals surface area contributed by atoms with Gasteiger partial charge < -0.3 is 18.9 Å². The van der Waals surface area contributed by atoms with Crippen LogP contribution in [0.1, 0.15) is 18.1 Å². The Balaban J connectivity index is 1.27. The molecule has 1 N–H and O–H groups in total. The first kappa shape index (κ1) is 27.0. The first-order valence-corrected chi connectivity index (χ1v) is 13.6. The number of hydrazone groups is 1. The van der Waals surface area contributed by atoms with E-state index in [2.05, 4.69) is 10.1 Å². The molecule has 2 aliphatic rings. The van der Waals surface area contributed by atoms with Gasteiger partial charge in [-0.2, -0.15) is 15.1 Å². The number of carbonyl (C=O) groups is 1. The van der Waals surface area contributed by atoms with Gasteiger partial charge in [0.1, 0.15) is 18.3 Å². The molecule has 0 atom stereocenters. The van der Waals surface area contributed by atoms with Gasteiger partial charge in [0.25, 0.3) is 5.91 Å². The highest BCUT2D eigenvalue weighted by Gasteiger charge is 2.35. The second-order valence-electron chi connectivity index (χ2n) is 8.66. The van der Waals surface area contributed by atoms with Crippen molar-refractivity contribution < 1.29 is 23.7 Å². The monoisotopic (exact) mass is 556 g/mol. The summed E-state index contributed by atoms with van der Waals surface area (Å²) in [7, 11) is 1.60. The molecule has 9 nitrogen and oxygen atoms in total. The number of aliphatic imine (C=N–C) groups is 1. The van der Waals surface area contributed by atoms with Crippen LogP contribution in [-0.2, 0) is 11.2 Å². The van der Waals surface area contributed by atoms with Crippen molar-refractivity contribution in [2.24, 2.45) is 10.1 Å². The molecule has 2 aliphatic heterocycles. The zero-order valence-corrected chi connectivity index (χ0v) is 22.9. The summed E-state index contributed by atoms with van der Waals surface area (Å²) >= 11 is 1.31. The molecule has 1 amide bonds. The topological polar surface area (TPSA) is 106 Å². The predicted molar refractivity (Wildman–Crippen MR) is 157 cm³/mol. The Morgan fingerprint density at radius 2 is 1.60 bits per heavy atom. The van der Waals surface area contributed by atoms with Crippen LogP contribution in [0.15, 0.2) is 88.5 Å². The van der Waals surface area contributed by atoms with Gasteiger partial charge in [-0.15, -0.1) is 0 Å². The molecular formula is C30H28N4O5S. The second-order valence-corrected chi connectivity index (χ2v) is 9.70. The lowest BCUT2D eigenvalue weighted by Crippen LogP contribution is -2.35. The molecule has 40 heavy (non-hydrogen) atoms. The van der Waals surface area contributed by atoms with Crippen molar-refractivity contribution in [3.63, 3.8) is 0 Å². The zero-order valence-electron chi connectivity index (χ0n) is 22.1. The number of carbonyl (C=O) groups excluding carboxylic acids is 1. The minimum Gasteiger partial charge on any atom is -0.493 e. The number of methoxy groups -OCH3 is 1. The molecular weight excluding hydrogens is 528 g/mol. The number of hydrogen-bond acceptors (Lipinski definition) is 8. The number of amidine groups is 2. The van der Waals surface area contributed by atoms with Gasteiger partial charge in [-0.1, -0.05) is 48.5 Å². The SMILES string of the molecule is CCOc1cc(/C=C2/C(=N)N3N=C(Cc4ccccc4)SC3=NC2=O)ccc1OCCOc1ccccc1OC. The normalized spacial score (nSPS) is 15.4. The van der Waals surface area contributed by atoms with Gasteiger partial charge in [0.2, 0.25) is 5.17 Å². The van der Waals surface area contributed by atoms with E-state index in [-0.39, 0.29) is 18.0 Å². The van der Waals surface area contributed by atoms with Crippen molar-refractivity contribution in [2.75, 3.05) is 26.9 Å². The molecule has 0 fully saturated rings. The summed E-state index contributed by atoms with van der Waals surface area (Å²) in [6, 6.07) is 22.7. The minimum atomic E-state index is -0.480. The molecule has 5 rings (SSSR count). The highest BCUT2D eigenvalue weighted by atomic mass is 32.2. The van der Waals surface area contributed by atoms with Crippen LogP contribution in [0.3, 0.4) is 0 Å². The van der Waals surface area contributed by atoms with Gasteiger partial charge in [-0.25, -0.2) is 0 Å². The third-order valence-electron chi connectivity index (χ3n) is 5.94. The molecule has 3 aromatic rings. The maximum absolute atomic E-state index is 12.9. The van der Waals surface area contributed by atoms with Gasteiger partial charge in [0.15, 0.2) is 28.8 Å². The number of thioether (sulfide) groups is 1. The van der Waals surface area contributed by atoms with Crippen LogP contribution in [0, 0.1) is 5.41 Å². The van der Waals surface area contributed by atoms with E-state index in [1.165, 1.54) is 16.8 Å². The quantitative estimate of drug-likeness (QED) is 0.249. The first-order valence-electron chi connectivity index (χ1n) is 12.7. The van der Waals surface area contributed by atoms with Gasteiger partial charge >= 0.3 is 0 Å². The second kappa shape index (κ2) is 12.5. The molecule has 0 aromatic heterocycles. The predicted octanol–water partition coefficient (Wildman–Crippen LogP) is 5.41.